The van der Waals surface area contributed by atoms with E-state index < -0.39 is 0 Å². The molecular formula is C18H30N2O. The van der Waals surface area contributed by atoms with Gasteiger partial charge in [0.15, 0.2) is 0 Å². The van der Waals surface area contributed by atoms with E-state index in [1.54, 1.807) is 6.20 Å². The lowest BCUT2D eigenvalue weighted by molar-refractivity contribution is 0.240. The SMILES string of the molecule is CCCC1CCCC(N)(c2cncc(OC(C)C)c2)CC1. The molecule has 2 atom stereocenters. The average molecular weight is 290 g/mol. The molecule has 1 aliphatic rings. The van der Waals surface area contributed by atoms with Crippen LogP contribution in [0.1, 0.15) is 71.3 Å². The van der Waals surface area contributed by atoms with Crippen LogP contribution in [-0.2, 0) is 5.54 Å². The summed E-state index contributed by atoms with van der Waals surface area (Å²) in [5, 5.41) is 0. The van der Waals surface area contributed by atoms with Crippen LogP contribution < -0.4 is 10.5 Å². The molecule has 2 unspecified atom stereocenters. The van der Waals surface area contributed by atoms with Crippen LogP contribution >= 0.6 is 0 Å². The molecule has 1 aliphatic carbocycles. The molecule has 0 spiro atoms. The number of rotatable bonds is 5. The molecule has 0 amide bonds. The molecule has 2 N–H and O–H groups in total. The number of ether oxygens (including phenoxy) is 1. The highest BCUT2D eigenvalue weighted by molar-refractivity contribution is 5.29. The van der Waals surface area contributed by atoms with Gasteiger partial charge in [0.25, 0.3) is 0 Å². The zero-order chi connectivity index (χ0) is 15.3. The maximum Gasteiger partial charge on any atom is 0.138 e. The average Bonchev–Trinajstić information content (AvgIpc) is 2.62. The van der Waals surface area contributed by atoms with Crippen molar-refractivity contribution >= 4 is 0 Å². The number of hydrogen-bond donors (Lipinski definition) is 1. The van der Waals surface area contributed by atoms with Crippen molar-refractivity contribution in [1.29, 1.82) is 0 Å². The van der Waals surface area contributed by atoms with Crippen molar-refractivity contribution in [1.82, 2.24) is 4.98 Å². The first-order chi connectivity index (χ1) is 10.0. The Bertz CT molecular complexity index is 447. The third-order valence-electron chi connectivity index (χ3n) is 4.59. The fraction of sp³-hybridized carbons (Fsp3) is 0.722. The van der Waals surface area contributed by atoms with Gasteiger partial charge in [-0.2, -0.15) is 0 Å². The molecule has 0 bridgehead atoms. The lowest BCUT2D eigenvalue weighted by Gasteiger charge is -2.29. The van der Waals surface area contributed by atoms with Crippen LogP contribution in [-0.4, -0.2) is 11.1 Å². The van der Waals surface area contributed by atoms with Crippen molar-refractivity contribution in [3.8, 4) is 5.75 Å². The van der Waals surface area contributed by atoms with Crippen LogP contribution in [0.2, 0.25) is 0 Å². The van der Waals surface area contributed by atoms with Gasteiger partial charge in [-0.3, -0.25) is 4.98 Å². The van der Waals surface area contributed by atoms with Crippen molar-refractivity contribution in [2.24, 2.45) is 11.7 Å². The summed E-state index contributed by atoms with van der Waals surface area (Å²) in [6.07, 6.45) is 12.4. The van der Waals surface area contributed by atoms with E-state index in [0.29, 0.717) is 0 Å². The van der Waals surface area contributed by atoms with Crippen LogP contribution in [0.15, 0.2) is 18.5 Å². The molecule has 1 heterocycles. The lowest BCUT2D eigenvalue weighted by atomic mass is 9.84. The van der Waals surface area contributed by atoms with E-state index in [4.69, 9.17) is 10.5 Å². The van der Waals surface area contributed by atoms with Crippen LogP contribution in [0.4, 0.5) is 0 Å². The van der Waals surface area contributed by atoms with Crippen molar-refractivity contribution in [2.45, 2.75) is 77.4 Å². The highest BCUT2D eigenvalue weighted by Crippen LogP contribution is 2.37. The van der Waals surface area contributed by atoms with Gasteiger partial charge in [-0.15, -0.1) is 0 Å². The highest BCUT2D eigenvalue weighted by Gasteiger charge is 2.31. The second-order valence-corrected chi connectivity index (χ2v) is 6.82. The summed E-state index contributed by atoms with van der Waals surface area (Å²) >= 11 is 0. The zero-order valence-electron chi connectivity index (χ0n) is 13.8. The highest BCUT2D eigenvalue weighted by atomic mass is 16.5. The van der Waals surface area contributed by atoms with Gasteiger partial charge in [-0.05, 0) is 50.7 Å². The molecule has 1 aromatic rings. The van der Waals surface area contributed by atoms with Crippen molar-refractivity contribution < 1.29 is 4.74 Å². The molecule has 1 aromatic heterocycles. The molecule has 2 rings (SSSR count). The van der Waals surface area contributed by atoms with Gasteiger partial charge in [-0.1, -0.05) is 32.6 Å². The molecule has 3 heteroatoms. The monoisotopic (exact) mass is 290 g/mol. The van der Waals surface area contributed by atoms with E-state index in [9.17, 15) is 0 Å². The van der Waals surface area contributed by atoms with Crippen LogP contribution in [0, 0.1) is 5.92 Å². The van der Waals surface area contributed by atoms with Gasteiger partial charge in [0.1, 0.15) is 5.75 Å². The Kier molecular flexibility index (Phi) is 5.63. The zero-order valence-corrected chi connectivity index (χ0v) is 13.8. The smallest absolute Gasteiger partial charge is 0.138 e. The van der Waals surface area contributed by atoms with E-state index in [1.807, 2.05) is 20.0 Å². The fourth-order valence-corrected chi connectivity index (χ4v) is 3.45. The summed E-state index contributed by atoms with van der Waals surface area (Å²) in [6.45, 7) is 6.34. The minimum Gasteiger partial charge on any atom is -0.489 e. The maximum absolute atomic E-state index is 6.74. The molecule has 1 saturated carbocycles. The Balaban J connectivity index is 2.12. The minimum absolute atomic E-state index is 0.166. The number of aromatic nitrogens is 1. The fourth-order valence-electron chi connectivity index (χ4n) is 3.45. The number of hydrogen-bond acceptors (Lipinski definition) is 3. The van der Waals surface area contributed by atoms with Crippen molar-refractivity contribution in [3.05, 3.63) is 24.0 Å². The molecule has 0 saturated heterocycles. The third-order valence-corrected chi connectivity index (χ3v) is 4.59. The second kappa shape index (κ2) is 7.26. The van der Waals surface area contributed by atoms with Crippen LogP contribution in [0.5, 0.6) is 5.75 Å². The van der Waals surface area contributed by atoms with Crippen molar-refractivity contribution in [2.75, 3.05) is 0 Å². The Morgan fingerprint density at radius 2 is 2.14 bits per heavy atom. The first kappa shape index (κ1) is 16.3. The van der Waals surface area contributed by atoms with Gasteiger partial charge in [0.05, 0.1) is 12.3 Å². The molecule has 0 radical (unpaired) electrons. The summed E-state index contributed by atoms with van der Waals surface area (Å²) in [4.78, 5) is 4.34. The van der Waals surface area contributed by atoms with Crippen molar-refractivity contribution in [3.63, 3.8) is 0 Å². The van der Waals surface area contributed by atoms with Gasteiger partial charge < -0.3 is 10.5 Å². The second-order valence-electron chi connectivity index (χ2n) is 6.82. The molecule has 0 aliphatic heterocycles. The first-order valence-electron chi connectivity index (χ1n) is 8.44. The lowest BCUT2D eigenvalue weighted by Crippen LogP contribution is -2.36. The first-order valence-corrected chi connectivity index (χ1v) is 8.44. The van der Waals surface area contributed by atoms with Gasteiger partial charge in [0.2, 0.25) is 0 Å². The minimum atomic E-state index is -0.230. The molecule has 0 aromatic carbocycles. The largest absolute Gasteiger partial charge is 0.489 e. The predicted molar refractivity (Wildman–Crippen MR) is 87.3 cm³/mol. The van der Waals surface area contributed by atoms with Gasteiger partial charge in [-0.25, -0.2) is 0 Å². The Labute approximate surface area is 129 Å². The van der Waals surface area contributed by atoms with E-state index in [1.165, 1.54) is 32.1 Å². The van der Waals surface area contributed by atoms with Crippen LogP contribution in [0.25, 0.3) is 0 Å². The summed E-state index contributed by atoms with van der Waals surface area (Å²) in [5.74, 6) is 1.69. The molecule has 3 nitrogen and oxygen atoms in total. The van der Waals surface area contributed by atoms with Gasteiger partial charge >= 0.3 is 0 Å². The number of pyridine rings is 1. The summed E-state index contributed by atoms with van der Waals surface area (Å²) in [5.41, 5.74) is 7.65. The summed E-state index contributed by atoms with van der Waals surface area (Å²) in [7, 11) is 0. The van der Waals surface area contributed by atoms with E-state index in [-0.39, 0.29) is 11.6 Å². The summed E-state index contributed by atoms with van der Waals surface area (Å²) in [6, 6.07) is 2.09. The standard InChI is InChI=1S/C18H30N2O/c1-4-6-15-7-5-9-18(19,10-8-15)16-11-17(13-20-12-16)21-14(2)3/h11-15H,4-10,19H2,1-3H3. The normalized spacial score (nSPS) is 26.6. The van der Waals surface area contributed by atoms with E-state index >= 15 is 0 Å². The molecular weight excluding hydrogens is 260 g/mol. The molecule has 1 fully saturated rings. The maximum atomic E-state index is 6.74. The Morgan fingerprint density at radius 3 is 2.86 bits per heavy atom. The Hall–Kier alpha value is -1.09. The predicted octanol–water partition coefficient (Wildman–Crippen LogP) is 4.40. The summed E-state index contributed by atoms with van der Waals surface area (Å²) < 4.78 is 5.76. The molecule has 21 heavy (non-hydrogen) atoms. The van der Waals surface area contributed by atoms with E-state index in [0.717, 1.165) is 30.1 Å². The van der Waals surface area contributed by atoms with Gasteiger partial charge in [0, 0.05) is 11.7 Å². The third kappa shape index (κ3) is 4.44. The number of nitrogens with two attached hydrogens (primary N) is 1. The quantitative estimate of drug-likeness (QED) is 0.817. The molecule has 118 valence electrons. The number of nitrogens with zero attached hydrogens (tertiary/aromatic N) is 1. The Morgan fingerprint density at radius 1 is 1.33 bits per heavy atom. The van der Waals surface area contributed by atoms with E-state index in [2.05, 4.69) is 18.0 Å². The van der Waals surface area contributed by atoms with Crippen LogP contribution in [0.3, 0.4) is 0 Å². The topological polar surface area (TPSA) is 48.1 Å².